The van der Waals surface area contributed by atoms with Crippen molar-refractivity contribution in [2.24, 2.45) is 0 Å². The number of ether oxygens (including phenoxy) is 1. The molecule has 4 nitrogen and oxygen atoms in total. The van der Waals surface area contributed by atoms with E-state index in [1.165, 1.54) is 18.2 Å². The van der Waals surface area contributed by atoms with Crippen molar-refractivity contribution in [1.82, 2.24) is 5.32 Å². The van der Waals surface area contributed by atoms with E-state index in [4.69, 9.17) is 4.74 Å². The van der Waals surface area contributed by atoms with E-state index in [-0.39, 0.29) is 6.73 Å². The van der Waals surface area contributed by atoms with Crippen LogP contribution in [0.5, 0.6) is 5.75 Å². The molecule has 0 fully saturated rings. The van der Waals surface area contributed by atoms with E-state index >= 15 is 0 Å². The third kappa shape index (κ3) is 3.97. The molecular formula is C17H19FN2O2. The highest BCUT2D eigenvalue weighted by Gasteiger charge is 2.07. The molecule has 5 heteroatoms. The highest BCUT2D eigenvalue weighted by Crippen LogP contribution is 2.25. The molecule has 0 spiro atoms. The number of hydrogen-bond donors (Lipinski definition) is 2. The van der Waals surface area contributed by atoms with E-state index in [1.807, 2.05) is 32.9 Å². The number of halogens is 1. The summed E-state index contributed by atoms with van der Waals surface area (Å²) in [6.45, 7) is 5.97. The predicted octanol–water partition coefficient (Wildman–Crippen LogP) is 3.91. The zero-order valence-electron chi connectivity index (χ0n) is 12.9. The number of benzene rings is 2. The second-order valence-electron chi connectivity index (χ2n) is 5.08. The molecule has 2 N–H and O–H groups in total. The first-order chi connectivity index (χ1) is 10.5. The summed E-state index contributed by atoms with van der Waals surface area (Å²) in [4.78, 5) is 11.7. The summed E-state index contributed by atoms with van der Waals surface area (Å²) in [7, 11) is 0. The Labute approximate surface area is 129 Å². The largest absolute Gasteiger partial charge is 0.473 e. The molecular weight excluding hydrogens is 283 g/mol. The molecule has 0 radical (unpaired) electrons. The predicted molar refractivity (Wildman–Crippen MR) is 84.7 cm³/mol. The number of amides is 2. The first-order valence-corrected chi connectivity index (χ1v) is 6.97. The third-order valence-corrected chi connectivity index (χ3v) is 3.41. The summed E-state index contributed by atoms with van der Waals surface area (Å²) in [5.41, 5.74) is 3.58. The molecule has 0 bridgehead atoms. The Morgan fingerprint density at radius 1 is 1.14 bits per heavy atom. The SMILES string of the molecule is Cc1ccc(C)c(OCNC(=O)Nc2cccc(F)c2)c1C. The number of anilines is 1. The van der Waals surface area contributed by atoms with E-state index in [1.54, 1.807) is 6.07 Å². The smallest absolute Gasteiger partial charge is 0.321 e. The van der Waals surface area contributed by atoms with Gasteiger partial charge in [-0.25, -0.2) is 9.18 Å². The molecule has 0 aliphatic carbocycles. The van der Waals surface area contributed by atoms with Gasteiger partial charge in [-0.3, -0.25) is 0 Å². The maximum absolute atomic E-state index is 13.0. The van der Waals surface area contributed by atoms with Crippen molar-refractivity contribution >= 4 is 11.7 Å². The van der Waals surface area contributed by atoms with Gasteiger partial charge in [-0.15, -0.1) is 0 Å². The highest BCUT2D eigenvalue weighted by molar-refractivity contribution is 5.89. The van der Waals surface area contributed by atoms with Crippen molar-refractivity contribution in [1.29, 1.82) is 0 Å². The van der Waals surface area contributed by atoms with Gasteiger partial charge in [-0.1, -0.05) is 18.2 Å². The lowest BCUT2D eigenvalue weighted by Gasteiger charge is -2.14. The minimum absolute atomic E-state index is 0.0340. The van der Waals surface area contributed by atoms with Gasteiger partial charge < -0.3 is 15.4 Å². The Bertz CT molecular complexity index is 686. The quantitative estimate of drug-likeness (QED) is 0.841. The summed E-state index contributed by atoms with van der Waals surface area (Å²) in [6, 6.07) is 9.25. The summed E-state index contributed by atoms with van der Waals surface area (Å²) in [5, 5.41) is 5.12. The molecule has 0 atom stereocenters. The Hall–Kier alpha value is -2.56. The number of hydrogen-bond acceptors (Lipinski definition) is 2. The number of nitrogens with one attached hydrogen (secondary N) is 2. The van der Waals surface area contributed by atoms with Crippen LogP contribution in [0.4, 0.5) is 14.9 Å². The average molecular weight is 302 g/mol. The van der Waals surface area contributed by atoms with Gasteiger partial charge in [0.1, 0.15) is 11.6 Å². The third-order valence-electron chi connectivity index (χ3n) is 3.41. The van der Waals surface area contributed by atoms with E-state index in [9.17, 15) is 9.18 Å². The fraction of sp³-hybridized carbons (Fsp3) is 0.235. The lowest BCUT2D eigenvalue weighted by Crippen LogP contribution is -2.32. The lowest BCUT2D eigenvalue weighted by atomic mass is 10.1. The van der Waals surface area contributed by atoms with Crippen LogP contribution in [0.3, 0.4) is 0 Å². The van der Waals surface area contributed by atoms with Crippen molar-refractivity contribution in [2.45, 2.75) is 20.8 Å². The Morgan fingerprint density at radius 2 is 1.86 bits per heavy atom. The van der Waals surface area contributed by atoms with Crippen molar-refractivity contribution in [2.75, 3.05) is 12.0 Å². The molecule has 2 amide bonds. The molecule has 116 valence electrons. The summed E-state index contributed by atoms with van der Waals surface area (Å²) in [5.74, 6) is 0.367. The van der Waals surface area contributed by atoms with E-state index in [2.05, 4.69) is 10.6 Å². The van der Waals surface area contributed by atoms with Crippen LogP contribution in [0.1, 0.15) is 16.7 Å². The maximum Gasteiger partial charge on any atom is 0.321 e. The van der Waals surface area contributed by atoms with Gasteiger partial charge >= 0.3 is 6.03 Å². The van der Waals surface area contributed by atoms with Crippen LogP contribution >= 0.6 is 0 Å². The lowest BCUT2D eigenvalue weighted by molar-refractivity contribution is 0.234. The second-order valence-corrected chi connectivity index (χ2v) is 5.08. The van der Waals surface area contributed by atoms with Crippen molar-refractivity contribution in [3.63, 3.8) is 0 Å². The van der Waals surface area contributed by atoms with Crippen molar-refractivity contribution < 1.29 is 13.9 Å². The number of aryl methyl sites for hydroxylation is 2. The van der Waals surface area contributed by atoms with Crippen LogP contribution in [0.15, 0.2) is 36.4 Å². The molecule has 2 aromatic carbocycles. The van der Waals surface area contributed by atoms with Gasteiger partial charge in [0.05, 0.1) is 0 Å². The molecule has 2 aromatic rings. The summed E-state index contributed by atoms with van der Waals surface area (Å²) >= 11 is 0. The van der Waals surface area contributed by atoms with Gasteiger partial charge in [-0.05, 0) is 55.7 Å². The first-order valence-electron chi connectivity index (χ1n) is 6.97. The van der Waals surface area contributed by atoms with Crippen molar-refractivity contribution in [3.8, 4) is 5.75 Å². The number of carbonyl (C=O) groups is 1. The van der Waals surface area contributed by atoms with Gasteiger partial charge in [0.25, 0.3) is 0 Å². The zero-order valence-corrected chi connectivity index (χ0v) is 12.9. The Kier molecular flexibility index (Phi) is 4.99. The molecule has 0 aliphatic heterocycles. The number of urea groups is 1. The summed E-state index contributed by atoms with van der Waals surface area (Å²) < 4.78 is 18.7. The second kappa shape index (κ2) is 6.93. The van der Waals surface area contributed by atoms with E-state index < -0.39 is 11.8 Å². The van der Waals surface area contributed by atoms with Crippen molar-refractivity contribution in [3.05, 3.63) is 58.9 Å². The van der Waals surface area contributed by atoms with Gasteiger partial charge in [0.2, 0.25) is 0 Å². The van der Waals surface area contributed by atoms with Crippen LogP contribution in [0.25, 0.3) is 0 Å². The summed E-state index contributed by atoms with van der Waals surface area (Å²) in [6.07, 6.45) is 0. The highest BCUT2D eigenvalue weighted by atomic mass is 19.1. The normalized spacial score (nSPS) is 10.2. The Balaban J connectivity index is 1.89. The zero-order chi connectivity index (χ0) is 16.1. The number of rotatable bonds is 4. The van der Waals surface area contributed by atoms with Crippen LogP contribution in [0, 0.1) is 26.6 Å². The molecule has 0 unspecified atom stereocenters. The van der Waals surface area contributed by atoms with Gasteiger partial charge in [0, 0.05) is 5.69 Å². The van der Waals surface area contributed by atoms with E-state index in [0.717, 1.165) is 22.4 Å². The van der Waals surface area contributed by atoms with Crippen LogP contribution in [0.2, 0.25) is 0 Å². The molecule has 0 aromatic heterocycles. The fourth-order valence-electron chi connectivity index (χ4n) is 2.06. The molecule has 2 rings (SSSR count). The average Bonchev–Trinajstić information content (AvgIpc) is 2.47. The van der Waals surface area contributed by atoms with Gasteiger partial charge in [0.15, 0.2) is 6.73 Å². The monoisotopic (exact) mass is 302 g/mol. The molecule has 0 saturated carbocycles. The van der Waals surface area contributed by atoms with E-state index in [0.29, 0.717) is 5.69 Å². The number of carbonyl (C=O) groups excluding carboxylic acids is 1. The molecule has 0 saturated heterocycles. The first kappa shape index (κ1) is 15.8. The van der Waals surface area contributed by atoms with Crippen LogP contribution in [-0.2, 0) is 0 Å². The van der Waals surface area contributed by atoms with Crippen LogP contribution in [-0.4, -0.2) is 12.8 Å². The minimum atomic E-state index is -0.450. The fourth-order valence-corrected chi connectivity index (χ4v) is 2.06. The Morgan fingerprint density at radius 3 is 2.59 bits per heavy atom. The maximum atomic E-state index is 13.0. The molecule has 22 heavy (non-hydrogen) atoms. The minimum Gasteiger partial charge on any atom is -0.473 e. The van der Waals surface area contributed by atoms with Crippen LogP contribution < -0.4 is 15.4 Å². The standard InChI is InChI=1S/C17H19FN2O2/c1-11-7-8-12(2)16(13(11)3)22-10-19-17(21)20-15-6-4-5-14(18)9-15/h4-9H,10H2,1-3H3,(H2,19,20,21). The topological polar surface area (TPSA) is 50.4 Å². The molecule has 0 heterocycles. The molecule has 0 aliphatic rings. The van der Waals surface area contributed by atoms with Gasteiger partial charge in [-0.2, -0.15) is 0 Å².